The van der Waals surface area contributed by atoms with Gasteiger partial charge in [-0.3, -0.25) is 9.79 Å². The maximum Gasteiger partial charge on any atom is 0.303 e. The van der Waals surface area contributed by atoms with E-state index in [4.69, 9.17) is 15.5 Å². The molecular weight excluding hydrogens is 617 g/mol. The predicted octanol–water partition coefficient (Wildman–Crippen LogP) is 7.96. The minimum Gasteiger partial charge on any atom is -0.481 e. The molecule has 2 bridgehead atoms. The molecule has 10 heteroatoms. The summed E-state index contributed by atoms with van der Waals surface area (Å²) in [4.78, 5) is 19.2. The van der Waals surface area contributed by atoms with E-state index >= 15 is 4.39 Å². The maximum absolute atomic E-state index is 15.5. The van der Waals surface area contributed by atoms with Crippen molar-refractivity contribution in [2.24, 2.45) is 16.1 Å². The fourth-order valence-electron chi connectivity index (χ4n) is 6.31. The number of rotatable bonds is 4. The molecular formula is C37H42FN3O5S. The molecule has 1 aliphatic heterocycles. The molecule has 0 aliphatic carbocycles. The monoisotopic (exact) mass is 659 g/mol. The summed E-state index contributed by atoms with van der Waals surface area (Å²) in [5.41, 5.74) is 9.98. The second-order valence-corrected chi connectivity index (χ2v) is 15.4. The highest BCUT2D eigenvalue weighted by molar-refractivity contribution is 7.91. The number of benzene rings is 3. The molecule has 2 heterocycles. The van der Waals surface area contributed by atoms with E-state index in [1.807, 2.05) is 51.1 Å². The summed E-state index contributed by atoms with van der Waals surface area (Å²) in [7, 11) is -3.52. The van der Waals surface area contributed by atoms with Crippen LogP contribution >= 0.6 is 0 Å². The number of nitrogens with zero attached hydrogens (tertiary/aromatic N) is 1. The summed E-state index contributed by atoms with van der Waals surface area (Å²) < 4.78 is 48.6. The third-order valence-corrected chi connectivity index (χ3v) is 10.8. The molecule has 3 aromatic carbocycles. The van der Waals surface area contributed by atoms with Crippen molar-refractivity contribution in [3.8, 4) is 11.5 Å². The number of ether oxygens (including phenoxy) is 1. The average molecular weight is 660 g/mol. The van der Waals surface area contributed by atoms with Gasteiger partial charge < -0.3 is 20.6 Å². The van der Waals surface area contributed by atoms with E-state index in [1.165, 1.54) is 6.07 Å². The molecule has 0 radical (unpaired) electrons. The van der Waals surface area contributed by atoms with Gasteiger partial charge in [-0.15, -0.1) is 0 Å². The molecule has 8 nitrogen and oxygen atoms in total. The van der Waals surface area contributed by atoms with Gasteiger partial charge in [-0.1, -0.05) is 63.6 Å². The normalized spacial score (nSPS) is 19.3. The van der Waals surface area contributed by atoms with Gasteiger partial charge in [-0.05, 0) is 66.0 Å². The second-order valence-electron chi connectivity index (χ2n) is 13.2. The van der Waals surface area contributed by atoms with Crippen LogP contribution in [0.25, 0.3) is 16.6 Å². The maximum atomic E-state index is 15.5. The quantitative estimate of drug-likeness (QED) is 0.204. The number of aromatic amines is 1. The Labute approximate surface area is 275 Å². The highest BCUT2D eigenvalue weighted by Crippen LogP contribution is 2.37. The number of carbonyl (C=O) groups is 1. The summed E-state index contributed by atoms with van der Waals surface area (Å²) >= 11 is 0. The first kappa shape index (κ1) is 33.9. The van der Waals surface area contributed by atoms with Crippen LogP contribution in [-0.4, -0.2) is 42.2 Å². The van der Waals surface area contributed by atoms with Gasteiger partial charge >= 0.3 is 5.97 Å². The number of nitrogens with one attached hydrogen (secondary N) is 1. The number of allylic oxidation sites excluding steroid dienone is 1. The smallest absolute Gasteiger partial charge is 0.303 e. The number of aryl methyl sites for hydroxylation is 1. The van der Waals surface area contributed by atoms with Gasteiger partial charge in [0, 0.05) is 46.2 Å². The lowest BCUT2D eigenvalue weighted by molar-refractivity contribution is -0.137. The first-order valence-corrected chi connectivity index (χ1v) is 17.7. The molecule has 0 saturated carbocycles. The van der Waals surface area contributed by atoms with Gasteiger partial charge in [-0.25, -0.2) is 12.8 Å². The molecule has 0 amide bonds. The number of fused-ring (bicyclic) bond motifs is 5. The second kappa shape index (κ2) is 14.1. The number of aliphatic carboxylic acids is 1. The minimum absolute atomic E-state index is 0.00603. The minimum atomic E-state index is -3.52. The Bertz CT molecular complexity index is 1930. The molecule has 0 spiro atoms. The number of aromatic nitrogens is 1. The van der Waals surface area contributed by atoms with E-state index in [9.17, 15) is 18.3 Å². The Balaban J connectivity index is 1.53. The van der Waals surface area contributed by atoms with E-state index in [0.29, 0.717) is 52.7 Å². The Kier molecular flexibility index (Phi) is 10.2. The molecule has 2 unspecified atom stereocenters. The highest BCUT2D eigenvalue weighted by atomic mass is 32.2. The van der Waals surface area contributed by atoms with E-state index in [0.717, 1.165) is 11.1 Å². The van der Waals surface area contributed by atoms with Crippen LogP contribution in [0.4, 0.5) is 4.39 Å². The molecule has 2 atom stereocenters. The van der Waals surface area contributed by atoms with Crippen LogP contribution in [0.5, 0.6) is 11.5 Å². The summed E-state index contributed by atoms with van der Waals surface area (Å²) in [6.07, 6.45) is 7.22. The fourth-order valence-corrected chi connectivity index (χ4v) is 8.31. The van der Waals surface area contributed by atoms with Crippen molar-refractivity contribution in [3.63, 3.8) is 0 Å². The van der Waals surface area contributed by atoms with E-state index in [-0.39, 0.29) is 42.1 Å². The molecule has 1 aliphatic rings. The van der Waals surface area contributed by atoms with Crippen molar-refractivity contribution in [2.75, 3.05) is 11.5 Å². The average Bonchev–Trinajstić information content (AvgIpc) is 3.47. The number of hydrogen-bond donors (Lipinski definition) is 3. The summed E-state index contributed by atoms with van der Waals surface area (Å²) in [5, 5.41) is 10.0. The van der Waals surface area contributed by atoms with Crippen molar-refractivity contribution in [1.82, 2.24) is 4.98 Å². The van der Waals surface area contributed by atoms with Crippen LogP contribution in [0.1, 0.15) is 80.7 Å². The number of carboxylic acid groups (broad SMARTS) is 1. The first-order chi connectivity index (χ1) is 22.3. The SMILES string of the molecule is CC(CC(=O)O)c1cccc(C2CCCC(C)(C)CS(=O)(=O)CCc3c(c(F)cc4[nH]ccc34)Oc3cccc(c3)C(N)=CC=N2)c1. The largest absolute Gasteiger partial charge is 0.481 e. The Morgan fingerprint density at radius 2 is 1.96 bits per heavy atom. The predicted molar refractivity (Wildman–Crippen MR) is 185 cm³/mol. The number of carboxylic acids is 1. The molecule has 0 fully saturated rings. The van der Waals surface area contributed by atoms with Gasteiger partial charge in [0.2, 0.25) is 0 Å². The molecule has 5 rings (SSSR count). The van der Waals surface area contributed by atoms with Gasteiger partial charge in [0.15, 0.2) is 21.4 Å². The molecule has 47 heavy (non-hydrogen) atoms. The zero-order valence-corrected chi connectivity index (χ0v) is 27.8. The molecule has 4 N–H and O–H groups in total. The zero-order chi connectivity index (χ0) is 33.8. The summed E-state index contributed by atoms with van der Waals surface area (Å²) in [6, 6.07) is 17.7. The van der Waals surface area contributed by atoms with E-state index in [2.05, 4.69) is 4.98 Å². The number of aliphatic imine (C=N–C) groups is 1. The van der Waals surface area contributed by atoms with Crippen molar-refractivity contribution in [1.29, 1.82) is 0 Å². The number of sulfone groups is 1. The van der Waals surface area contributed by atoms with Crippen LogP contribution in [0.2, 0.25) is 0 Å². The standard InChI is InChI=1S/C37H42FN3O5S/c1-24(19-35(42)43)25-7-4-9-27(20-25)33-11-6-15-37(2,3)23-47(44,45)18-14-30-29-12-16-41-34(29)22-31(38)36(30)46-28-10-5-8-26(21-28)32(39)13-17-40-33/h4-5,7-10,12-13,16-17,20-22,24,33,41H,6,11,14-15,18-19,23,39H2,1-3H3,(H,42,43). The highest BCUT2D eigenvalue weighted by Gasteiger charge is 2.28. The number of nitrogens with two attached hydrogens (primary N) is 1. The van der Waals surface area contributed by atoms with Crippen LogP contribution < -0.4 is 10.5 Å². The summed E-state index contributed by atoms with van der Waals surface area (Å²) in [5.74, 6) is -1.42. The molecule has 0 saturated heterocycles. The molecule has 1 aromatic heterocycles. The van der Waals surface area contributed by atoms with Crippen LogP contribution in [0.3, 0.4) is 0 Å². The Morgan fingerprint density at radius 3 is 2.74 bits per heavy atom. The molecule has 248 valence electrons. The van der Waals surface area contributed by atoms with Gasteiger partial charge in [-0.2, -0.15) is 0 Å². The van der Waals surface area contributed by atoms with Crippen LogP contribution in [-0.2, 0) is 21.1 Å². The summed E-state index contributed by atoms with van der Waals surface area (Å²) in [6.45, 7) is 5.80. The Hall–Kier alpha value is -4.44. The molecule has 4 aromatic rings. The Morgan fingerprint density at radius 1 is 1.17 bits per heavy atom. The lowest BCUT2D eigenvalue weighted by Gasteiger charge is -2.25. The van der Waals surface area contributed by atoms with Crippen molar-refractivity contribution in [3.05, 3.63) is 101 Å². The number of H-pyrrole nitrogens is 1. The number of hydrogen-bond acceptors (Lipinski definition) is 6. The van der Waals surface area contributed by atoms with Gasteiger partial charge in [0.1, 0.15) is 5.75 Å². The third-order valence-electron chi connectivity index (χ3n) is 8.72. The van der Waals surface area contributed by atoms with Crippen LogP contribution in [0, 0.1) is 11.2 Å². The van der Waals surface area contributed by atoms with Crippen molar-refractivity contribution >= 4 is 38.6 Å². The number of halogens is 1. The van der Waals surface area contributed by atoms with Crippen molar-refractivity contribution < 1.29 is 27.4 Å². The lowest BCUT2D eigenvalue weighted by Crippen LogP contribution is -2.26. The third kappa shape index (κ3) is 8.68. The van der Waals surface area contributed by atoms with Crippen molar-refractivity contribution in [2.45, 2.75) is 64.8 Å². The fraction of sp³-hybridized carbons (Fsp3) is 0.351. The topological polar surface area (TPSA) is 135 Å². The lowest BCUT2D eigenvalue weighted by atomic mass is 9.87. The van der Waals surface area contributed by atoms with E-state index in [1.54, 1.807) is 42.8 Å². The van der Waals surface area contributed by atoms with Gasteiger partial charge in [0.25, 0.3) is 0 Å². The van der Waals surface area contributed by atoms with Gasteiger partial charge in [0.05, 0.1) is 24.0 Å². The first-order valence-electron chi connectivity index (χ1n) is 15.9. The zero-order valence-electron chi connectivity index (χ0n) is 27.0. The van der Waals surface area contributed by atoms with Crippen LogP contribution in [0.15, 0.2) is 77.9 Å². The van der Waals surface area contributed by atoms with E-state index < -0.39 is 27.0 Å².